The van der Waals surface area contributed by atoms with Crippen LogP contribution in [0, 0.1) is 11.8 Å². The van der Waals surface area contributed by atoms with E-state index >= 15 is 0 Å². The van der Waals surface area contributed by atoms with Crippen molar-refractivity contribution in [1.82, 2.24) is 4.90 Å². The summed E-state index contributed by atoms with van der Waals surface area (Å²) in [6.45, 7) is 0. The topological polar surface area (TPSA) is 20.3 Å². The van der Waals surface area contributed by atoms with Crippen molar-refractivity contribution in [2.24, 2.45) is 11.8 Å². The number of carbonyl (C=O) groups is 1. The fraction of sp³-hybridized carbons (Fsp3) is 0.700. The Hall–Kier alpha value is -0.210. The summed E-state index contributed by atoms with van der Waals surface area (Å²) in [5.41, 5.74) is 0. The number of allylic oxidation sites excluding steroid dienone is 1. The molecule has 2 bridgehead atoms. The SMILES string of the molecule is CN(C(=O)C(Cl)Cl)[C@@H]1C[C@H]2C=C[C@@H]1C2. The standard InChI is InChI=1S/C10H13Cl2NO/c1-13(10(14)9(11)12)8-5-6-2-3-7(8)4-6/h2-3,6-9H,4-5H2,1H3/t6-,7+,8+/m0/s1. The lowest BCUT2D eigenvalue weighted by molar-refractivity contribution is -0.130. The number of hydrogen-bond donors (Lipinski definition) is 0. The highest BCUT2D eigenvalue weighted by molar-refractivity contribution is 6.53. The van der Waals surface area contributed by atoms with Gasteiger partial charge >= 0.3 is 0 Å². The van der Waals surface area contributed by atoms with Crippen LogP contribution in [0.25, 0.3) is 0 Å². The van der Waals surface area contributed by atoms with Crippen LogP contribution in [0.2, 0.25) is 0 Å². The van der Waals surface area contributed by atoms with Crippen molar-refractivity contribution in [3.05, 3.63) is 12.2 Å². The number of amides is 1. The Bertz CT molecular complexity index is 277. The highest BCUT2D eigenvalue weighted by Gasteiger charge is 2.40. The first kappa shape index (κ1) is 10.3. The molecule has 4 heteroatoms. The molecule has 0 aromatic rings. The Balaban J connectivity index is 2.03. The maximum atomic E-state index is 11.5. The summed E-state index contributed by atoms with van der Waals surface area (Å²) in [5.74, 6) is 0.990. The van der Waals surface area contributed by atoms with Crippen LogP contribution in [-0.4, -0.2) is 28.7 Å². The van der Waals surface area contributed by atoms with E-state index < -0.39 is 4.84 Å². The Kier molecular flexibility index (Phi) is 2.76. The molecule has 2 aliphatic rings. The molecule has 0 heterocycles. The van der Waals surface area contributed by atoms with Gasteiger partial charge in [-0.25, -0.2) is 0 Å². The van der Waals surface area contributed by atoms with Gasteiger partial charge in [-0.05, 0) is 24.7 Å². The third-order valence-electron chi connectivity index (χ3n) is 3.28. The molecule has 14 heavy (non-hydrogen) atoms. The average Bonchev–Trinajstić information content (AvgIpc) is 2.76. The second-order valence-electron chi connectivity index (χ2n) is 4.10. The number of nitrogens with zero attached hydrogens (tertiary/aromatic N) is 1. The fourth-order valence-electron chi connectivity index (χ4n) is 2.51. The maximum absolute atomic E-state index is 11.5. The second kappa shape index (κ2) is 3.74. The molecule has 0 saturated heterocycles. The number of carbonyl (C=O) groups excluding carboxylic acids is 1. The van der Waals surface area contributed by atoms with Crippen molar-refractivity contribution in [1.29, 1.82) is 0 Å². The van der Waals surface area contributed by atoms with Crippen molar-refractivity contribution < 1.29 is 4.79 Å². The van der Waals surface area contributed by atoms with Gasteiger partial charge in [0.1, 0.15) is 0 Å². The van der Waals surface area contributed by atoms with Crippen molar-refractivity contribution in [2.45, 2.75) is 23.7 Å². The maximum Gasteiger partial charge on any atom is 0.255 e. The normalized spacial score (nSPS) is 34.1. The van der Waals surface area contributed by atoms with Crippen molar-refractivity contribution in [2.75, 3.05) is 7.05 Å². The summed E-state index contributed by atoms with van der Waals surface area (Å²) in [7, 11) is 1.79. The van der Waals surface area contributed by atoms with Crippen molar-refractivity contribution in [3.8, 4) is 0 Å². The van der Waals surface area contributed by atoms with Gasteiger partial charge in [0.05, 0.1) is 0 Å². The summed E-state index contributed by atoms with van der Waals surface area (Å²) in [5, 5.41) is 0. The lowest BCUT2D eigenvalue weighted by atomic mass is 10.0. The van der Waals surface area contributed by atoms with E-state index in [9.17, 15) is 4.79 Å². The molecule has 2 aliphatic carbocycles. The molecule has 1 amide bonds. The quantitative estimate of drug-likeness (QED) is 0.530. The Morgan fingerprint density at radius 1 is 1.43 bits per heavy atom. The molecule has 0 unspecified atom stereocenters. The molecule has 1 fully saturated rings. The number of alkyl halides is 2. The minimum Gasteiger partial charge on any atom is -0.340 e. The van der Waals surface area contributed by atoms with Gasteiger partial charge in [0.15, 0.2) is 4.84 Å². The number of halogens is 2. The summed E-state index contributed by atoms with van der Waals surface area (Å²) in [6, 6.07) is 0.303. The molecular weight excluding hydrogens is 221 g/mol. The highest BCUT2D eigenvalue weighted by Crippen LogP contribution is 2.41. The molecule has 2 nitrogen and oxygen atoms in total. The van der Waals surface area contributed by atoms with Gasteiger partial charge in [-0.3, -0.25) is 4.79 Å². The van der Waals surface area contributed by atoms with E-state index in [0.717, 1.165) is 6.42 Å². The van der Waals surface area contributed by atoms with E-state index in [1.165, 1.54) is 6.42 Å². The largest absolute Gasteiger partial charge is 0.340 e. The molecule has 3 atom stereocenters. The third-order valence-corrected chi connectivity index (χ3v) is 3.65. The smallest absolute Gasteiger partial charge is 0.255 e. The van der Waals surface area contributed by atoms with Crippen LogP contribution in [0.15, 0.2) is 12.2 Å². The van der Waals surface area contributed by atoms with E-state index in [4.69, 9.17) is 23.2 Å². The first-order chi connectivity index (χ1) is 6.59. The number of fused-ring (bicyclic) bond motifs is 2. The monoisotopic (exact) mass is 233 g/mol. The van der Waals surface area contributed by atoms with Crippen LogP contribution in [0.5, 0.6) is 0 Å². The van der Waals surface area contributed by atoms with Crippen molar-refractivity contribution in [3.63, 3.8) is 0 Å². The predicted molar refractivity (Wildman–Crippen MR) is 57.4 cm³/mol. The van der Waals surface area contributed by atoms with Gasteiger partial charge < -0.3 is 4.90 Å². The molecule has 0 aromatic heterocycles. The van der Waals surface area contributed by atoms with Crippen LogP contribution in [0.4, 0.5) is 0 Å². The summed E-state index contributed by atoms with van der Waals surface area (Å²) in [4.78, 5) is 12.3. The Morgan fingerprint density at radius 3 is 2.57 bits per heavy atom. The van der Waals surface area contributed by atoms with Crippen LogP contribution in [-0.2, 0) is 4.79 Å². The zero-order valence-electron chi connectivity index (χ0n) is 7.99. The minimum atomic E-state index is -0.928. The average molecular weight is 234 g/mol. The first-order valence-corrected chi connectivity index (χ1v) is 5.70. The summed E-state index contributed by atoms with van der Waals surface area (Å²) in [6.07, 6.45) is 6.69. The molecule has 0 aromatic carbocycles. The van der Waals surface area contributed by atoms with E-state index in [1.807, 2.05) is 0 Å². The van der Waals surface area contributed by atoms with Crippen LogP contribution >= 0.6 is 23.2 Å². The van der Waals surface area contributed by atoms with E-state index in [1.54, 1.807) is 11.9 Å². The van der Waals surface area contributed by atoms with Crippen LogP contribution < -0.4 is 0 Å². The van der Waals surface area contributed by atoms with Gasteiger partial charge in [-0.2, -0.15) is 0 Å². The van der Waals surface area contributed by atoms with E-state index in [2.05, 4.69) is 12.2 Å². The van der Waals surface area contributed by atoms with Crippen molar-refractivity contribution >= 4 is 29.1 Å². The van der Waals surface area contributed by atoms with E-state index in [0.29, 0.717) is 17.9 Å². The Morgan fingerprint density at radius 2 is 2.14 bits per heavy atom. The summed E-state index contributed by atoms with van der Waals surface area (Å²) < 4.78 is 0. The lowest BCUT2D eigenvalue weighted by Crippen LogP contribution is -2.42. The van der Waals surface area contributed by atoms with Gasteiger partial charge in [0.25, 0.3) is 5.91 Å². The molecule has 0 spiro atoms. The summed E-state index contributed by atoms with van der Waals surface area (Å²) >= 11 is 11.1. The predicted octanol–water partition coefficient (Wildman–Crippen LogP) is 2.21. The number of hydrogen-bond acceptors (Lipinski definition) is 1. The van der Waals surface area contributed by atoms with Gasteiger partial charge in [-0.1, -0.05) is 35.4 Å². The number of rotatable bonds is 2. The Labute approximate surface area is 93.9 Å². The first-order valence-electron chi connectivity index (χ1n) is 4.82. The molecule has 0 radical (unpaired) electrons. The zero-order chi connectivity index (χ0) is 10.3. The molecule has 2 rings (SSSR count). The molecule has 0 N–H and O–H groups in total. The molecule has 1 saturated carbocycles. The second-order valence-corrected chi connectivity index (χ2v) is 5.19. The minimum absolute atomic E-state index is 0.181. The van der Waals surface area contributed by atoms with Gasteiger partial charge in [0.2, 0.25) is 0 Å². The molecular formula is C10H13Cl2NO. The lowest BCUT2D eigenvalue weighted by Gasteiger charge is -2.29. The zero-order valence-corrected chi connectivity index (χ0v) is 9.50. The van der Waals surface area contributed by atoms with Gasteiger partial charge in [-0.15, -0.1) is 0 Å². The van der Waals surface area contributed by atoms with E-state index in [-0.39, 0.29) is 5.91 Å². The fourth-order valence-corrected chi connectivity index (χ4v) is 2.82. The molecule has 78 valence electrons. The van der Waals surface area contributed by atoms with Crippen LogP contribution in [0.1, 0.15) is 12.8 Å². The van der Waals surface area contributed by atoms with Crippen LogP contribution in [0.3, 0.4) is 0 Å². The molecule has 0 aliphatic heterocycles. The third kappa shape index (κ3) is 1.66. The highest BCUT2D eigenvalue weighted by atomic mass is 35.5. The van der Waals surface area contributed by atoms with Gasteiger partial charge in [0, 0.05) is 13.1 Å².